The van der Waals surface area contributed by atoms with E-state index in [4.69, 9.17) is 14.2 Å². The Hall–Kier alpha value is -0.120. The van der Waals surface area contributed by atoms with Crippen LogP contribution in [-0.4, -0.2) is 38.1 Å². The molecule has 64 valence electrons. The van der Waals surface area contributed by atoms with Crippen molar-refractivity contribution in [2.45, 2.75) is 31.7 Å². The minimum Gasteiger partial charge on any atom is -0.373 e. The number of ether oxygens (including phenoxy) is 3. The molecule has 0 aromatic heterocycles. The molecular weight excluding hydrogens is 144 g/mol. The number of hydrogen-bond acceptors (Lipinski definition) is 3. The molecule has 3 nitrogen and oxygen atoms in total. The molecule has 0 N–H and O–H groups in total. The van der Waals surface area contributed by atoms with Gasteiger partial charge in [-0.05, 0) is 13.3 Å². The fraction of sp³-hybridized carbons (Fsp3) is 1.00. The lowest BCUT2D eigenvalue weighted by molar-refractivity contribution is -0.0260. The van der Waals surface area contributed by atoms with E-state index in [-0.39, 0.29) is 12.2 Å². The summed E-state index contributed by atoms with van der Waals surface area (Å²) in [6.07, 6.45) is 1.75. The molecule has 0 aromatic carbocycles. The molecule has 2 saturated heterocycles. The van der Waals surface area contributed by atoms with E-state index >= 15 is 0 Å². The lowest BCUT2D eigenvalue weighted by Gasteiger charge is -2.14. The van der Waals surface area contributed by atoms with Crippen molar-refractivity contribution in [2.24, 2.45) is 0 Å². The van der Waals surface area contributed by atoms with Crippen LogP contribution in [0, 0.1) is 0 Å². The van der Waals surface area contributed by atoms with Gasteiger partial charge in [0.2, 0.25) is 0 Å². The summed E-state index contributed by atoms with van der Waals surface area (Å²) in [7, 11) is 0. The predicted octanol–water partition coefficient (Wildman–Crippen LogP) is 0.579. The smallest absolute Gasteiger partial charge is 0.112 e. The van der Waals surface area contributed by atoms with Crippen molar-refractivity contribution >= 4 is 0 Å². The lowest BCUT2D eigenvalue weighted by atomic mass is 10.1. The third-order valence-corrected chi connectivity index (χ3v) is 2.30. The van der Waals surface area contributed by atoms with Gasteiger partial charge in [-0.15, -0.1) is 0 Å². The van der Waals surface area contributed by atoms with Gasteiger partial charge in [0.1, 0.15) is 12.2 Å². The summed E-state index contributed by atoms with van der Waals surface area (Å²) in [5.41, 5.74) is 0. The van der Waals surface area contributed by atoms with Gasteiger partial charge >= 0.3 is 0 Å². The van der Waals surface area contributed by atoms with Crippen LogP contribution in [0.4, 0.5) is 0 Å². The molecule has 2 aliphatic rings. The lowest BCUT2D eigenvalue weighted by Crippen LogP contribution is -2.29. The Morgan fingerprint density at radius 2 is 2.36 bits per heavy atom. The molecule has 0 saturated carbocycles. The normalized spacial score (nSPS) is 42.8. The molecule has 3 atom stereocenters. The van der Waals surface area contributed by atoms with E-state index in [2.05, 4.69) is 0 Å². The van der Waals surface area contributed by atoms with E-state index in [1.54, 1.807) is 0 Å². The highest BCUT2D eigenvalue weighted by Gasteiger charge is 2.42. The molecular formula is C8H14O3. The van der Waals surface area contributed by atoms with Crippen LogP contribution in [0.3, 0.4) is 0 Å². The number of fused-ring (bicyclic) bond motifs is 1. The number of rotatable bonds is 2. The summed E-state index contributed by atoms with van der Waals surface area (Å²) in [6, 6.07) is 0. The monoisotopic (exact) mass is 158 g/mol. The van der Waals surface area contributed by atoms with Crippen LogP contribution < -0.4 is 0 Å². The molecule has 0 aliphatic carbocycles. The summed E-state index contributed by atoms with van der Waals surface area (Å²) in [4.78, 5) is 0. The van der Waals surface area contributed by atoms with E-state index in [9.17, 15) is 0 Å². The van der Waals surface area contributed by atoms with Crippen molar-refractivity contribution in [3.63, 3.8) is 0 Å². The maximum Gasteiger partial charge on any atom is 0.112 e. The molecule has 2 heterocycles. The van der Waals surface area contributed by atoms with Crippen LogP contribution in [0.5, 0.6) is 0 Å². The van der Waals surface area contributed by atoms with Gasteiger partial charge in [-0.2, -0.15) is 0 Å². The molecule has 0 amide bonds. The first-order valence-corrected chi connectivity index (χ1v) is 4.26. The van der Waals surface area contributed by atoms with Gasteiger partial charge in [-0.1, -0.05) is 0 Å². The van der Waals surface area contributed by atoms with Gasteiger partial charge in [-0.3, -0.25) is 0 Å². The minimum atomic E-state index is 0.187. The molecule has 2 aliphatic heterocycles. The zero-order valence-electron chi connectivity index (χ0n) is 6.79. The molecule has 0 bridgehead atoms. The van der Waals surface area contributed by atoms with Crippen LogP contribution in [0.25, 0.3) is 0 Å². The zero-order valence-corrected chi connectivity index (χ0v) is 6.79. The summed E-state index contributed by atoms with van der Waals surface area (Å²) >= 11 is 0. The van der Waals surface area contributed by atoms with Crippen LogP contribution in [-0.2, 0) is 14.2 Å². The van der Waals surface area contributed by atoms with Crippen molar-refractivity contribution in [3.05, 3.63) is 0 Å². The Kier molecular flexibility index (Phi) is 2.11. The highest BCUT2D eigenvalue weighted by Crippen LogP contribution is 2.27. The summed E-state index contributed by atoms with van der Waals surface area (Å²) in [5, 5.41) is 0. The Bertz CT molecular complexity index is 135. The molecule has 11 heavy (non-hydrogen) atoms. The molecule has 2 fully saturated rings. The highest BCUT2D eigenvalue weighted by molar-refractivity contribution is 4.89. The third-order valence-electron chi connectivity index (χ3n) is 2.30. The molecule has 1 unspecified atom stereocenters. The second kappa shape index (κ2) is 3.09. The molecule has 0 aromatic rings. The fourth-order valence-corrected chi connectivity index (χ4v) is 1.79. The van der Waals surface area contributed by atoms with Gasteiger partial charge in [0.05, 0.1) is 12.7 Å². The van der Waals surface area contributed by atoms with Crippen molar-refractivity contribution in [2.75, 3.05) is 19.8 Å². The van der Waals surface area contributed by atoms with Gasteiger partial charge in [0.15, 0.2) is 0 Å². The van der Waals surface area contributed by atoms with Crippen LogP contribution in [0.1, 0.15) is 13.3 Å². The van der Waals surface area contributed by atoms with E-state index in [1.807, 2.05) is 6.92 Å². The largest absolute Gasteiger partial charge is 0.373 e. The highest BCUT2D eigenvalue weighted by atomic mass is 16.6. The van der Waals surface area contributed by atoms with Crippen molar-refractivity contribution in [1.82, 2.24) is 0 Å². The molecule has 3 heteroatoms. The van der Waals surface area contributed by atoms with Crippen molar-refractivity contribution in [1.29, 1.82) is 0 Å². The molecule has 0 radical (unpaired) electrons. The van der Waals surface area contributed by atoms with Crippen LogP contribution in [0.2, 0.25) is 0 Å². The van der Waals surface area contributed by atoms with Gasteiger partial charge in [-0.25, -0.2) is 0 Å². The summed E-state index contributed by atoms with van der Waals surface area (Å²) in [5.74, 6) is 0. The first kappa shape index (κ1) is 7.53. The second-order valence-electron chi connectivity index (χ2n) is 2.99. The topological polar surface area (TPSA) is 27.7 Å². The van der Waals surface area contributed by atoms with E-state index < -0.39 is 0 Å². The Balaban J connectivity index is 1.92. The van der Waals surface area contributed by atoms with Gasteiger partial charge in [0.25, 0.3) is 0 Å². The molecule has 0 spiro atoms. The number of hydrogen-bond donors (Lipinski definition) is 0. The first-order valence-electron chi connectivity index (χ1n) is 4.26. The first-order chi connectivity index (χ1) is 5.42. The average Bonchev–Trinajstić information content (AvgIpc) is 2.53. The summed E-state index contributed by atoms with van der Waals surface area (Å²) < 4.78 is 16.5. The van der Waals surface area contributed by atoms with E-state index in [0.717, 1.165) is 19.6 Å². The molecule has 2 rings (SSSR count). The third kappa shape index (κ3) is 1.28. The summed E-state index contributed by atoms with van der Waals surface area (Å²) in [6.45, 7) is 4.30. The SMILES string of the molecule is CCOC1CO[C@H]2CCO[C@@H]12. The average molecular weight is 158 g/mol. The van der Waals surface area contributed by atoms with Gasteiger partial charge < -0.3 is 14.2 Å². The van der Waals surface area contributed by atoms with E-state index in [1.165, 1.54) is 0 Å². The maximum atomic E-state index is 5.49. The zero-order chi connectivity index (χ0) is 7.68. The quantitative estimate of drug-likeness (QED) is 0.588. The minimum absolute atomic E-state index is 0.187. The standard InChI is InChI=1S/C8H14O3/c1-2-9-7-5-11-6-3-4-10-8(6)7/h6-8H,2-5H2,1H3/t6-,7?,8+/m0/s1. The maximum absolute atomic E-state index is 5.49. The Morgan fingerprint density at radius 1 is 1.45 bits per heavy atom. The predicted molar refractivity (Wildman–Crippen MR) is 39.5 cm³/mol. The second-order valence-corrected chi connectivity index (χ2v) is 2.99. The van der Waals surface area contributed by atoms with E-state index in [0.29, 0.717) is 12.7 Å². The van der Waals surface area contributed by atoms with Crippen LogP contribution >= 0.6 is 0 Å². The Labute approximate surface area is 66.6 Å². The van der Waals surface area contributed by atoms with Crippen molar-refractivity contribution in [3.8, 4) is 0 Å². The fourth-order valence-electron chi connectivity index (χ4n) is 1.79. The Morgan fingerprint density at radius 3 is 3.18 bits per heavy atom. The van der Waals surface area contributed by atoms with Gasteiger partial charge in [0, 0.05) is 13.2 Å². The van der Waals surface area contributed by atoms with Crippen LogP contribution in [0.15, 0.2) is 0 Å². The van der Waals surface area contributed by atoms with Crippen molar-refractivity contribution < 1.29 is 14.2 Å².